The zero-order valence-electron chi connectivity index (χ0n) is 8.32. The number of carbonyl (C=O) groups excluding carboxylic acids is 1. The SMILES string of the molecule is NCC1COC(=O)N1c1ccc(F)c(Cl)c1. The Morgan fingerprint density at radius 3 is 3.00 bits per heavy atom. The Morgan fingerprint density at radius 1 is 1.62 bits per heavy atom. The molecule has 16 heavy (non-hydrogen) atoms. The second-order valence-corrected chi connectivity index (χ2v) is 3.84. The number of amides is 1. The highest BCUT2D eigenvalue weighted by Gasteiger charge is 2.33. The van der Waals surface area contributed by atoms with Gasteiger partial charge in [-0.05, 0) is 18.2 Å². The average molecular weight is 245 g/mol. The molecule has 1 aromatic rings. The molecule has 1 unspecified atom stereocenters. The monoisotopic (exact) mass is 244 g/mol. The first-order valence-electron chi connectivity index (χ1n) is 4.74. The smallest absolute Gasteiger partial charge is 0.414 e. The van der Waals surface area contributed by atoms with Crippen molar-refractivity contribution in [1.29, 1.82) is 0 Å². The molecule has 2 rings (SSSR count). The Balaban J connectivity index is 2.35. The van der Waals surface area contributed by atoms with Crippen molar-refractivity contribution in [2.45, 2.75) is 6.04 Å². The summed E-state index contributed by atoms with van der Waals surface area (Å²) in [5.41, 5.74) is 6.00. The molecule has 1 amide bonds. The maximum absolute atomic E-state index is 13.0. The summed E-state index contributed by atoms with van der Waals surface area (Å²) in [6, 6.07) is 3.83. The van der Waals surface area contributed by atoms with Gasteiger partial charge in [0.1, 0.15) is 12.4 Å². The number of nitrogens with two attached hydrogens (primary N) is 1. The predicted octanol–water partition coefficient (Wildman–Crippen LogP) is 1.76. The van der Waals surface area contributed by atoms with Crippen molar-refractivity contribution in [3.05, 3.63) is 29.0 Å². The van der Waals surface area contributed by atoms with E-state index in [1.807, 2.05) is 0 Å². The van der Waals surface area contributed by atoms with Gasteiger partial charge in [-0.15, -0.1) is 0 Å². The Bertz CT molecular complexity index is 427. The van der Waals surface area contributed by atoms with Gasteiger partial charge in [0.05, 0.1) is 11.1 Å². The minimum absolute atomic E-state index is 0.0343. The number of rotatable bonds is 2. The standard InChI is InChI=1S/C10H10ClFN2O2/c11-8-3-6(1-2-9(8)12)14-7(4-13)5-16-10(14)15/h1-3,7H,4-5,13H2. The number of cyclic esters (lactones) is 1. The second kappa shape index (κ2) is 4.27. The summed E-state index contributed by atoms with van der Waals surface area (Å²) in [6.45, 7) is 0.519. The maximum atomic E-state index is 13.0. The van der Waals surface area contributed by atoms with E-state index < -0.39 is 11.9 Å². The maximum Gasteiger partial charge on any atom is 0.414 e. The van der Waals surface area contributed by atoms with E-state index in [0.717, 1.165) is 0 Å². The fraction of sp³-hybridized carbons (Fsp3) is 0.300. The van der Waals surface area contributed by atoms with Crippen LogP contribution in [0.2, 0.25) is 5.02 Å². The molecular formula is C10H10ClFN2O2. The van der Waals surface area contributed by atoms with Crippen molar-refractivity contribution < 1.29 is 13.9 Å². The first kappa shape index (κ1) is 11.2. The summed E-state index contributed by atoms with van der Waals surface area (Å²) in [5, 5.41) is -0.0343. The molecule has 4 nitrogen and oxygen atoms in total. The van der Waals surface area contributed by atoms with E-state index in [-0.39, 0.29) is 24.2 Å². The summed E-state index contributed by atoms with van der Waals surface area (Å²) in [6.07, 6.45) is -0.488. The molecule has 0 radical (unpaired) electrons. The highest BCUT2D eigenvalue weighted by Crippen LogP contribution is 2.27. The Morgan fingerprint density at radius 2 is 2.38 bits per heavy atom. The lowest BCUT2D eigenvalue weighted by Gasteiger charge is -2.20. The molecule has 0 saturated carbocycles. The van der Waals surface area contributed by atoms with Crippen LogP contribution < -0.4 is 10.6 Å². The van der Waals surface area contributed by atoms with Crippen LogP contribution in [0.5, 0.6) is 0 Å². The lowest BCUT2D eigenvalue weighted by molar-refractivity contribution is 0.179. The van der Waals surface area contributed by atoms with E-state index in [1.165, 1.54) is 23.1 Å². The minimum atomic E-state index is -0.526. The largest absolute Gasteiger partial charge is 0.447 e. The van der Waals surface area contributed by atoms with Crippen LogP contribution in [-0.4, -0.2) is 25.3 Å². The zero-order valence-corrected chi connectivity index (χ0v) is 9.08. The van der Waals surface area contributed by atoms with Gasteiger partial charge < -0.3 is 10.5 Å². The van der Waals surface area contributed by atoms with Gasteiger partial charge in [0.2, 0.25) is 0 Å². The summed E-state index contributed by atoms with van der Waals surface area (Å²) in [5.74, 6) is -0.526. The first-order valence-corrected chi connectivity index (χ1v) is 5.12. The lowest BCUT2D eigenvalue weighted by Crippen LogP contribution is -2.38. The van der Waals surface area contributed by atoms with Crippen LogP contribution in [-0.2, 0) is 4.74 Å². The third-order valence-corrected chi connectivity index (χ3v) is 2.70. The van der Waals surface area contributed by atoms with Gasteiger partial charge in [-0.1, -0.05) is 11.6 Å². The molecule has 86 valence electrons. The van der Waals surface area contributed by atoms with Crippen molar-refractivity contribution in [2.24, 2.45) is 5.73 Å². The van der Waals surface area contributed by atoms with Gasteiger partial charge in [-0.25, -0.2) is 9.18 Å². The number of carbonyl (C=O) groups is 1. The van der Waals surface area contributed by atoms with Crippen molar-refractivity contribution in [1.82, 2.24) is 0 Å². The number of anilines is 1. The molecule has 0 aromatic heterocycles. The van der Waals surface area contributed by atoms with Gasteiger partial charge >= 0.3 is 6.09 Å². The number of ether oxygens (including phenoxy) is 1. The number of benzene rings is 1. The number of halogens is 2. The second-order valence-electron chi connectivity index (χ2n) is 3.43. The third kappa shape index (κ3) is 1.83. The van der Waals surface area contributed by atoms with Crippen molar-refractivity contribution in [2.75, 3.05) is 18.1 Å². The van der Waals surface area contributed by atoms with Crippen molar-refractivity contribution in [3.8, 4) is 0 Å². The normalized spacial score (nSPS) is 20.1. The van der Waals surface area contributed by atoms with Crippen molar-refractivity contribution >= 4 is 23.4 Å². The topological polar surface area (TPSA) is 55.6 Å². The number of hydrogen-bond donors (Lipinski definition) is 1. The highest BCUT2D eigenvalue weighted by atomic mass is 35.5. The fourth-order valence-corrected chi connectivity index (χ4v) is 1.76. The van der Waals surface area contributed by atoms with Gasteiger partial charge in [0, 0.05) is 12.2 Å². The van der Waals surface area contributed by atoms with Gasteiger partial charge in [0.15, 0.2) is 0 Å². The molecular weight excluding hydrogens is 235 g/mol. The van der Waals surface area contributed by atoms with E-state index in [9.17, 15) is 9.18 Å². The molecule has 1 saturated heterocycles. The van der Waals surface area contributed by atoms with Crippen molar-refractivity contribution in [3.63, 3.8) is 0 Å². The molecule has 1 aromatic carbocycles. The summed E-state index contributed by atoms with van der Waals surface area (Å²) in [4.78, 5) is 12.8. The fourth-order valence-electron chi connectivity index (χ4n) is 1.59. The van der Waals surface area contributed by atoms with Crippen LogP contribution >= 0.6 is 11.6 Å². The van der Waals surface area contributed by atoms with E-state index in [1.54, 1.807) is 0 Å². The summed E-state index contributed by atoms with van der Waals surface area (Å²) >= 11 is 5.65. The Hall–Kier alpha value is -1.33. The van der Waals surface area contributed by atoms with E-state index >= 15 is 0 Å². The van der Waals surface area contributed by atoms with E-state index in [4.69, 9.17) is 22.1 Å². The summed E-state index contributed by atoms with van der Waals surface area (Å²) in [7, 11) is 0. The molecule has 1 atom stereocenters. The molecule has 1 heterocycles. The van der Waals surface area contributed by atoms with E-state index in [0.29, 0.717) is 5.69 Å². The quantitative estimate of drug-likeness (QED) is 0.863. The minimum Gasteiger partial charge on any atom is -0.447 e. The number of nitrogens with zero attached hydrogens (tertiary/aromatic N) is 1. The van der Waals surface area contributed by atoms with Crippen LogP contribution in [0.25, 0.3) is 0 Å². The molecule has 1 fully saturated rings. The Kier molecular flexibility index (Phi) is 2.98. The summed E-state index contributed by atoms with van der Waals surface area (Å²) < 4.78 is 17.8. The van der Waals surface area contributed by atoms with E-state index in [2.05, 4.69) is 0 Å². The highest BCUT2D eigenvalue weighted by molar-refractivity contribution is 6.31. The molecule has 6 heteroatoms. The van der Waals surface area contributed by atoms with Gasteiger partial charge in [-0.3, -0.25) is 4.90 Å². The molecule has 1 aliphatic heterocycles. The first-order chi connectivity index (χ1) is 7.63. The molecule has 0 bridgehead atoms. The zero-order chi connectivity index (χ0) is 11.7. The van der Waals surface area contributed by atoms with Gasteiger partial charge in [-0.2, -0.15) is 0 Å². The van der Waals surface area contributed by atoms with Crippen LogP contribution in [0.1, 0.15) is 0 Å². The van der Waals surface area contributed by atoms with Crippen LogP contribution in [0.15, 0.2) is 18.2 Å². The Labute approximate surface area is 96.7 Å². The van der Waals surface area contributed by atoms with Crippen LogP contribution in [0.3, 0.4) is 0 Å². The number of hydrogen-bond acceptors (Lipinski definition) is 3. The molecule has 0 spiro atoms. The lowest BCUT2D eigenvalue weighted by atomic mass is 10.2. The predicted molar refractivity (Wildman–Crippen MR) is 58.1 cm³/mol. The third-order valence-electron chi connectivity index (χ3n) is 2.41. The van der Waals surface area contributed by atoms with Gasteiger partial charge in [0.25, 0.3) is 0 Å². The molecule has 0 aliphatic carbocycles. The molecule has 1 aliphatic rings. The molecule has 2 N–H and O–H groups in total. The van der Waals surface area contributed by atoms with Crippen LogP contribution in [0, 0.1) is 5.82 Å². The van der Waals surface area contributed by atoms with Crippen LogP contribution in [0.4, 0.5) is 14.9 Å². The average Bonchev–Trinajstić information content (AvgIpc) is 2.64.